The van der Waals surface area contributed by atoms with Crippen LogP contribution in [0.3, 0.4) is 0 Å². The van der Waals surface area contributed by atoms with Crippen molar-refractivity contribution in [1.29, 1.82) is 0 Å². The molecule has 5 rings (SSSR count). The number of carbonyl (C=O) groups excluding carboxylic acids is 1. The molecule has 3 aliphatic rings. The zero-order valence-corrected chi connectivity index (χ0v) is 21.7. The van der Waals surface area contributed by atoms with E-state index in [0.29, 0.717) is 18.2 Å². The maximum Gasteiger partial charge on any atom is 0.270 e. The number of rotatable bonds is 6. The predicted octanol–water partition coefficient (Wildman–Crippen LogP) is 4.75. The Bertz CT molecular complexity index is 1240. The molecule has 3 aliphatic heterocycles. The number of anilines is 1. The summed E-state index contributed by atoms with van der Waals surface area (Å²) in [7, 11) is 2.05. The Morgan fingerprint density at radius 2 is 1.83 bits per heavy atom. The van der Waals surface area contributed by atoms with Crippen LogP contribution < -0.4 is 15.5 Å². The summed E-state index contributed by atoms with van der Waals surface area (Å²) in [6, 6.07) is 16.9. The second-order valence-corrected chi connectivity index (χ2v) is 10.1. The lowest BCUT2D eigenvalue weighted by Crippen LogP contribution is -2.38. The fourth-order valence-corrected chi connectivity index (χ4v) is 5.26. The number of nitrogens with one attached hydrogen (secondary N) is 2. The maximum absolute atomic E-state index is 13.2. The van der Waals surface area contributed by atoms with E-state index in [9.17, 15) is 4.79 Å². The van der Waals surface area contributed by atoms with Crippen LogP contribution in [0, 0.1) is 0 Å². The molecule has 0 atom stereocenters. The van der Waals surface area contributed by atoms with Gasteiger partial charge in [0.15, 0.2) is 0 Å². The number of amides is 1. The smallest absolute Gasteiger partial charge is 0.270 e. The molecule has 0 aliphatic carbocycles. The highest BCUT2D eigenvalue weighted by molar-refractivity contribution is 6.30. The fourth-order valence-electron chi connectivity index (χ4n) is 5.13. The zero-order valence-electron chi connectivity index (χ0n) is 20.9. The number of hydrogen-bond acceptors (Lipinski definition) is 4. The van der Waals surface area contributed by atoms with E-state index in [1.165, 1.54) is 11.3 Å². The van der Waals surface area contributed by atoms with Crippen LogP contribution in [-0.4, -0.2) is 31.7 Å². The van der Waals surface area contributed by atoms with E-state index in [1.807, 2.05) is 35.5 Å². The summed E-state index contributed by atoms with van der Waals surface area (Å²) in [5, 5.41) is 7.22. The summed E-state index contributed by atoms with van der Waals surface area (Å²) in [5.74, 6) is 0.519. The first-order valence-corrected chi connectivity index (χ1v) is 13.1. The first-order valence-electron chi connectivity index (χ1n) is 12.7. The summed E-state index contributed by atoms with van der Waals surface area (Å²) in [6.07, 6.45) is 11.1. The van der Waals surface area contributed by atoms with Gasteiger partial charge in [-0.3, -0.25) is 4.79 Å². The molecule has 1 amide bonds. The minimum atomic E-state index is -0.0732. The summed E-state index contributed by atoms with van der Waals surface area (Å²) < 4.78 is 0. The fraction of sp³-hybridized carbons (Fsp3) is 0.276. The second-order valence-electron chi connectivity index (χ2n) is 9.63. The number of benzene rings is 2. The summed E-state index contributed by atoms with van der Waals surface area (Å²) >= 11 is 6.05. The minimum Gasteiger partial charge on any atom is -0.371 e. The van der Waals surface area contributed by atoms with Crippen molar-refractivity contribution in [2.75, 3.05) is 18.0 Å². The van der Waals surface area contributed by atoms with Crippen LogP contribution in [0.2, 0.25) is 5.02 Å². The number of halogens is 1. The van der Waals surface area contributed by atoms with Gasteiger partial charge in [0.2, 0.25) is 0 Å². The molecule has 2 aromatic rings. The highest BCUT2D eigenvalue weighted by Crippen LogP contribution is 2.31. The van der Waals surface area contributed by atoms with Gasteiger partial charge in [-0.05, 0) is 66.6 Å². The molecule has 5 nitrogen and oxygen atoms in total. The van der Waals surface area contributed by atoms with E-state index in [2.05, 4.69) is 72.8 Å². The monoisotopic (exact) mass is 498 g/mol. The van der Waals surface area contributed by atoms with Gasteiger partial charge in [-0.1, -0.05) is 54.3 Å². The minimum absolute atomic E-state index is 0.0732. The lowest BCUT2D eigenvalue weighted by atomic mass is 9.89. The van der Waals surface area contributed by atoms with Crippen molar-refractivity contribution in [3.05, 3.63) is 112 Å². The zero-order chi connectivity index (χ0) is 25.1. The summed E-state index contributed by atoms with van der Waals surface area (Å²) in [6.45, 7) is 4.62. The Balaban J connectivity index is 1.17. The molecule has 0 unspecified atom stereocenters. The molecule has 0 bridgehead atoms. The van der Waals surface area contributed by atoms with E-state index < -0.39 is 0 Å². The lowest BCUT2D eigenvalue weighted by molar-refractivity contribution is -0.118. The molecule has 184 valence electrons. The van der Waals surface area contributed by atoms with Gasteiger partial charge in [0, 0.05) is 48.4 Å². The predicted molar refractivity (Wildman–Crippen MR) is 150 cm³/mol. The quantitative estimate of drug-likeness (QED) is 0.564. The van der Waals surface area contributed by atoms with Crippen LogP contribution in [0.1, 0.15) is 43.2 Å². The van der Waals surface area contributed by atoms with Gasteiger partial charge in [0.1, 0.15) is 13.5 Å². The Morgan fingerprint density at radius 3 is 2.53 bits per heavy atom. The molecule has 0 spiro atoms. The molecule has 2 aromatic carbocycles. The lowest BCUT2D eigenvalue weighted by Gasteiger charge is -2.34. The first-order chi connectivity index (χ1) is 17.5. The average Bonchev–Trinajstić information content (AvgIpc) is 2.92. The van der Waals surface area contributed by atoms with Crippen LogP contribution in [0.15, 0.2) is 95.6 Å². The van der Waals surface area contributed by atoms with E-state index >= 15 is 0 Å². The van der Waals surface area contributed by atoms with Crippen molar-refractivity contribution in [1.82, 2.24) is 15.5 Å². The van der Waals surface area contributed by atoms with Crippen LogP contribution in [-0.2, 0) is 11.3 Å². The Hall–Kier alpha value is -3.38. The SMILES string of the molecule is BC1=CC2=CNC(CC)=C(C(=O)NCc3ccc(N4CCC(c5ccc(Cl)cc5)CC4)cc3)N2C=C1. The van der Waals surface area contributed by atoms with Gasteiger partial charge in [0.05, 0.1) is 5.70 Å². The van der Waals surface area contributed by atoms with Gasteiger partial charge in [-0.15, -0.1) is 0 Å². The number of allylic oxidation sites excluding steroid dienone is 4. The van der Waals surface area contributed by atoms with Crippen LogP contribution in [0.5, 0.6) is 0 Å². The molecule has 3 heterocycles. The topological polar surface area (TPSA) is 47.6 Å². The van der Waals surface area contributed by atoms with Crippen molar-refractivity contribution in [3.63, 3.8) is 0 Å². The first kappa shape index (κ1) is 24.3. The van der Waals surface area contributed by atoms with E-state index in [0.717, 1.165) is 59.8 Å². The van der Waals surface area contributed by atoms with E-state index in [-0.39, 0.29) is 5.91 Å². The van der Waals surface area contributed by atoms with Crippen molar-refractivity contribution in [2.45, 2.75) is 38.6 Å². The molecule has 7 heteroatoms. The summed E-state index contributed by atoms with van der Waals surface area (Å²) in [5.41, 5.74) is 7.43. The van der Waals surface area contributed by atoms with Crippen molar-refractivity contribution in [3.8, 4) is 0 Å². The largest absolute Gasteiger partial charge is 0.371 e. The number of carbonyl (C=O) groups is 1. The van der Waals surface area contributed by atoms with E-state index in [1.54, 1.807) is 0 Å². The third-order valence-corrected chi connectivity index (χ3v) is 7.47. The highest BCUT2D eigenvalue weighted by Gasteiger charge is 2.26. The Labute approximate surface area is 219 Å². The molecular weight excluding hydrogens is 467 g/mol. The second kappa shape index (κ2) is 10.7. The molecule has 0 saturated carbocycles. The Morgan fingerprint density at radius 1 is 1.11 bits per heavy atom. The highest BCUT2D eigenvalue weighted by atomic mass is 35.5. The van der Waals surface area contributed by atoms with Gasteiger partial charge in [0.25, 0.3) is 5.91 Å². The number of fused-ring (bicyclic) bond motifs is 1. The standard InChI is InChI=1S/C29H32BClN4O/c1-2-27-28(35-16-13-23(30)17-26(35)19-32-27)29(36)33-18-20-3-9-25(10-4-20)34-14-11-22(12-15-34)21-5-7-24(31)8-6-21/h3-10,13,16-17,19,22,32H,2,11-12,14-15,18,30H2,1H3,(H,33,36). The van der Waals surface area contributed by atoms with Crippen LogP contribution >= 0.6 is 11.6 Å². The maximum atomic E-state index is 13.2. The molecular formula is C29H32BClN4O. The van der Waals surface area contributed by atoms with Crippen LogP contribution in [0.25, 0.3) is 0 Å². The Kier molecular flexibility index (Phi) is 7.24. The number of hydrogen-bond donors (Lipinski definition) is 2. The third-order valence-electron chi connectivity index (χ3n) is 7.22. The molecule has 1 fully saturated rings. The molecule has 1 saturated heterocycles. The molecule has 0 radical (unpaired) electrons. The average molecular weight is 499 g/mol. The number of piperidine rings is 1. The van der Waals surface area contributed by atoms with Gasteiger partial charge < -0.3 is 20.4 Å². The number of nitrogens with zero attached hydrogens (tertiary/aromatic N) is 2. The van der Waals surface area contributed by atoms with Crippen LogP contribution in [0.4, 0.5) is 5.69 Å². The van der Waals surface area contributed by atoms with Crippen molar-refractivity contribution in [2.24, 2.45) is 0 Å². The third kappa shape index (κ3) is 5.24. The molecule has 36 heavy (non-hydrogen) atoms. The molecule has 0 aromatic heterocycles. The molecule has 2 N–H and O–H groups in total. The van der Waals surface area contributed by atoms with E-state index in [4.69, 9.17) is 11.6 Å². The van der Waals surface area contributed by atoms with Crippen molar-refractivity contribution >= 4 is 31.0 Å². The normalized spacial score (nSPS) is 17.8. The summed E-state index contributed by atoms with van der Waals surface area (Å²) in [4.78, 5) is 17.6. The van der Waals surface area contributed by atoms with Gasteiger partial charge >= 0.3 is 0 Å². The van der Waals surface area contributed by atoms with Gasteiger partial charge in [-0.2, -0.15) is 0 Å². The van der Waals surface area contributed by atoms with Crippen molar-refractivity contribution < 1.29 is 4.79 Å². The van der Waals surface area contributed by atoms with Gasteiger partial charge in [-0.25, -0.2) is 0 Å².